The van der Waals surface area contributed by atoms with Crippen LogP contribution in [0.3, 0.4) is 0 Å². The SMILES string of the molecule is N#C/C(=C(/O)Cc1ccc(Cl)cc1)c1nc2cc(C(F)(F)F)ccc2s1. The van der Waals surface area contributed by atoms with E-state index in [0.29, 0.717) is 9.72 Å². The van der Waals surface area contributed by atoms with E-state index in [-0.39, 0.29) is 28.3 Å². The highest BCUT2D eigenvalue weighted by Crippen LogP contribution is 2.34. The molecule has 0 radical (unpaired) electrons. The van der Waals surface area contributed by atoms with Gasteiger partial charge in [-0.15, -0.1) is 11.3 Å². The second kappa shape index (κ2) is 6.98. The van der Waals surface area contributed by atoms with Crippen LogP contribution in [0.25, 0.3) is 15.8 Å². The van der Waals surface area contributed by atoms with Gasteiger partial charge in [-0.2, -0.15) is 18.4 Å². The predicted molar refractivity (Wildman–Crippen MR) is 94.9 cm³/mol. The largest absolute Gasteiger partial charge is 0.510 e. The quantitative estimate of drug-likeness (QED) is 0.437. The van der Waals surface area contributed by atoms with E-state index in [1.807, 2.05) is 6.07 Å². The Bertz CT molecular complexity index is 1030. The van der Waals surface area contributed by atoms with Crippen LogP contribution >= 0.6 is 22.9 Å². The third kappa shape index (κ3) is 3.82. The molecule has 3 aromatic rings. The van der Waals surface area contributed by atoms with Gasteiger partial charge in [0.25, 0.3) is 0 Å². The standard InChI is InChI=1S/C18H10ClF3N2OS/c19-12-4-1-10(2-5-12)7-15(25)13(9-23)17-24-14-8-11(18(20,21)22)3-6-16(14)26-17/h1-6,8,25H,7H2/b15-13-. The van der Waals surface area contributed by atoms with Crippen LogP contribution in [0.1, 0.15) is 16.1 Å². The monoisotopic (exact) mass is 394 g/mol. The minimum absolute atomic E-state index is 0.0605. The van der Waals surface area contributed by atoms with Crippen molar-refractivity contribution >= 4 is 38.7 Å². The molecule has 1 heterocycles. The van der Waals surface area contributed by atoms with Crippen molar-refractivity contribution < 1.29 is 18.3 Å². The number of nitriles is 1. The zero-order valence-corrected chi connectivity index (χ0v) is 14.6. The first-order chi connectivity index (χ1) is 12.3. The topological polar surface area (TPSA) is 56.9 Å². The molecule has 1 N–H and O–H groups in total. The summed E-state index contributed by atoms with van der Waals surface area (Å²) in [5, 5.41) is 20.4. The number of aliphatic hydroxyl groups is 1. The van der Waals surface area contributed by atoms with E-state index in [1.165, 1.54) is 6.07 Å². The second-order valence-corrected chi connectivity index (χ2v) is 6.90. The highest BCUT2D eigenvalue weighted by molar-refractivity contribution is 7.19. The highest BCUT2D eigenvalue weighted by Gasteiger charge is 2.31. The lowest BCUT2D eigenvalue weighted by atomic mass is 10.1. The number of aliphatic hydroxyl groups excluding tert-OH is 1. The summed E-state index contributed by atoms with van der Waals surface area (Å²) in [4.78, 5) is 4.09. The van der Waals surface area contributed by atoms with Crippen molar-refractivity contribution in [1.82, 2.24) is 4.98 Å². The number of benzene rings is 2. The lowest BCUT2D eigenvalue weighted by Crippen LogP contribution is -2.03. The summed E-state index contributed by atoms with van der Waals surface area (Å²) >= 11 is 6.86. The van der Waals surface area contributed by atoms with Crippen LogP contribution in [0.4, 0.5) is 13.2 Å². The average Bonchev–Trinajstić information content (AvgIpc) is 2.99. The summed E-state index contributed by atoms with van der Waals surface area (Å²) in [7, 11) is 0. The number of alkyl halides is 3. The minimum Gasteiger partial charge on any atom is -0.510 e. The lowest BCUT2D eigenvalue weighted by Gasteiger charge is -2.04. The Morgan fingerprint density at radius 1 is 1.19 bits per heavy atom. The van der Waals surface area contributed by atoms with Crippen LogP contribution in [0.2, 0.25) is 5.02 Å². The molecule has 0 aliphatic rings. The molecule has 3 rings (SSSR count). The van der Waals surface area contributed by atoms with E-state index < -0.39 is 11.7 Å². The van der Waals surface area contributed by atoms with E-state index in [9.17, 15) is 23.5 Å². The maximum Gasteiger partial charge on any atom is 0.416 e. The molecule has 8 heteroatoms. The molecule has 0 atom stereocenters. The molecule has 0 bridgehead atoms. The Morgan fingerprint density at radius 3 is 2.50 bits per heavy atom. The summed E-state index contributed by atoms with van der Waals surface area (Å²) in [6.07, 6.45) is -4.38. The van der Waals surface area contributed by atoms with Gasteiger partial charge in [-0.25, -0.2) is 4.98 Å². The van der Waals surface area contributed by atoms with Crippen LogP contribution in [-0.4, -0.2) is 10.1 Å². The fourth-order valence-corrected chi connectivity index (χ4v) is 3.42. The molecular formula is C18H10ClF3N2OS. The number of hydrogen-bond acceptors (Lipinski definition) is 4. The zero-order chi connectivity index (χ0) is 18.9. The molecule has 26 heavy (non-hydrogen) atoms. The maximum atomic E-state index is 12.8. The van der Waals surface area contributed by atoms with Gasteiger partial charge in [0.15, 0.2) is 0 Å². The Morgan fingerprint density at radius 2 is 1.88 bits per heavy atom. The van der Waals surface area contributed by atoms with Crippen molar-refractivity contribution in [1.29, 1.82) is 5.26 Å². The summed E-state index contributed by atoms with van der Waals surface area (Å²) in [6.45, 7) is 0. The van der Waals surface area contributed by atoms with Crippen LogP contribution < -0.4 is 0 Å². The van der Waals surface area contributed by atoms with Gasteiger partial charge < -0.3 is 5.11 Å². The molecule has 132 valence electrons. The third-order valence-electron chi connectivity index (χ3n) is 3.61. The summed E-state index contributed by atoms with van der Waals surface area (Å²) in [5.74, 6) is -0.204. The Labute approximate surface area is 155 Å². The smallest absolute Gasteiger partial charge is 0.416 e. The van der Waals surface area contributed by atoms with E-state index >= 15 is 0 Å². The molecule has 0 unspecified atom stereocenters. The number of nitrogens with zero attached hydrogens (tertiary/aromatic N) is 2. The van der Waals surface area contributed by atoms with Crippen molar-refractivity contribution in [3.05, 3.63) is 69.4 Å². The molecule has 0 aliphatic heterocycles. The molecule has 0 amide bonds. The van der Waals surface area contributed by atoms with Gasteiger partial charge in [0, 0.05) is 11.4 Å². The fraction of sp³-hybridized carbons (Fsp3) is 0.111. The number of fused-ring (bicyclic) bond motifs is 1. The molecule has 0 saturated carbocycles. The maximum absolute atomic E-state index is 12.8. The van der Waals surface area contributed by atoms with Crippen molar-refractivity contribution in [3.63, 3.8) is 0 Å². The Hall–Kier alpha value is -2.56. The number of thiazole rings is 1. The van der Waals surface area contributed by atoms with E-state index in [4.69, 9.17) is 11.6 Å². The summed E-state index contributed by atoms with van der Waals surface area (Å²) in [5.41, 5.74) is -0.00332. The summed E-state index contributed by atoms with van der Waals surface area (Å²) < 4.78 is 38.9. The minimum atomic E-state index is -4.47. The van der Waals surface area contributed by atoms with Crippen molar-refractivity contribution in [2.75, 3.05) is 0 Å². The van der Waals surface area contributed by atoms with Gasteiger partial charge in [-0.1, -0.05) is 23.7 Å². The molecule has 0 fully saturated rings. The number of rotatable bonds is 3. The Balaban J connectivity index is 1.99. The molecule has 3 nitrogen and oxygen atoms in total. The van der Waals surface area contributed by atoms with E-state index in [0.717, 1.165) is 29.0 Å². The van der Waals surface area contributed by atoms with Crippen LogP contribution in [0, 0.1) is 11.3 Å². The lowest BCUT2D eigenvalue weighted by molar-refractivity contribution is -0.137. The van der Waals surface area contributed by atoms with Gasteiger partial charge in [0.05, 0.1) is 15.8 Å². The number of aromatic nitrogens is 1. The van der Waals surface area contributed by atoms with Gasteiger partial charge in [0.1, 0.15) is 22.4 Å². The van der Waals surface area contributed by atoms with Gasteiger partial charge in [0.2, 0.25) is 0 Å². The van der Waals surface area contributed by atoms with E-state index in [1.54, 1.807) is 24.3 Å². The van der Waals surface area contributed by atoms with E-state index in [2.05, 4.69) is 4.98 Å². The molecule has 1 aromatic heterocycles. The van der Waals surface area contributed by atoms with Crippen molar-refractivity contribution in [2.24, 2.45) is 0 Å². The molecule has 0 spiro atoms. The first kappa shape index (κ1) is 18.2. The number of halogens is 4. The first-order valence-corrected chi connectivity index (χ1v) is 8.52. The van der Waals surface area contributed by atoms with Gasteiger partial charge in [-0.3, -0.25) is 0 Å². The molecule has 0 aliphatic carbocycles. The Kier molecular flexibility index (Phi) is 4.90. The fourth-order valence-electron chi connectivity index (χ4n) is 2.33. The highest BCUT2D eigenvalue weighted by atomic mass is 35.5. The second-order valence-electron chi connectivity index (χ2n) is 5.44. The molecular weight excluding hydrogens is 385 g/mol. The average molecular weight is 395 g/mol. The summed E-state index contributed by atoms with van der Waals surface area (Å²) in [6, 6.07) is 11.8. The van der Waals surface area contributed by atoms with Crippen LogP contribution in [0.5, 0.6) is 0 Å². The number of allylic oxidation sites excluding steroid dienone is 2. The molecule has 0 saturated heterocycles. The zero-order valence-electron chi connectivity index (χ0n) is 13.0. The third-order valence-corrected chi connectivity index (χ3v) is 4.92. The normalized spacial score (nSPS) is 12.7. The predicted octanol–water partition coefficient (Wildman–Crippen LogP) is 6.00. The molecule has 2 aromatic carbocycles. The van der Waals surface area contributed by atoms with Crippen LogP contribution in [0.15, 0.2) is 48.2 Å². The van der Waals surface area contributed by atoms with Crippen molar-refractivity contribution in [2.45, 2.75) is 12.6 Å². The van der Waals surface area contributed by atoms with Crippen molar-refractivity contribution in [3.8, 4) is 6.07 Å². The first-order valence-electron chi connectivity index (χ1n) is 7.33. The van der Waals surface area contributed by atoms with Crippen LogP contribution in [-0.2, 0) is 12.6 Å². The van der Waals surface area contributed by atoms with Gasteiger partial charge in [-0.05, 0) is 35.9 Å². The van der Waals surface area contributed by atoms with Gasteiger partial charge >= 0.3 is 6.18 Å². The number of hydrogen-bond donors (Lipinski definition) is 1.